The maximum absolute atomic E-state index is 14.1. The Labute approximate surface area is 308 Å². The molecule has 0 bridgehead atoms. The number of hydrogen-bond acceptors (Lipinski definition) is 9. The first-order chi connectivity index (χ1) is 24.0. The molecule has 4 N–H and O–H groups in total. The number of carbonyl (C=O) groups is 4. The van der Waals surface area contributed by atoms with E-state index in [-0.39, 0.29) is 48.1 Å². The van der Waals surface area contributed by atoms with Gasteiger partial charge in [0.05, 0.1) is 48.2 Å². The highest BCUT2D eigenvalue weighted by Crippen LogP contribution is 2.30. The lowest BCUT2D eigenvalue weighted by atomic mass is 9.91. The van der Waals surface area contributed by atoms with Gasteiger partial charge in [-0.25, -0.2) is 4.98 Å². The van der Waals surface area contributed by atoms with Gasteiger partial charge < -0.3 is 35.6 Å². The van der Waals surface area contributed by atoms with E-state index in [1.54, 1.807) is 46.2 Å². The quantitative estimate of drug-likeness (QED) is 0.209. The van der Waals surface area contributed by atoms with Crippen LogP contribution in [0.3, 0.4) is 0 Å². The normalized spacial score (nSPS) is 18.5. The van der Waals surface area contributed by atoms with Crippen molar-refractivity contribution in [3.05, 3.63) is 52.5 Å². The molecule has 51 heavy (non-hydrogen) atoms. The molecule has 0 spiro atoms. The number of nitrogens with zero attached hydrogens (tertiary/aromatic N) is 3. The minimum Gasteiger partial charge on any atom is -0.379 e. The van der Waals surface area contributed by atoms with E-state index in [1.165, 1.54) is 11.3 Å². The number of nitrogens with one attached hydrogen (secondary N) is 2. The lowest BCUT2D eigenvalue weighted by Crippen LogP contribution is -2.60. The molecule has 2 aromatic rings. The number of rotatable bonds is 18. The zero-order valence-electron chi connectivity index (χ0n) is 32.0. The van der Waals surface area contributed by atoms with Crippen LogP contribution in [0.5, 0.6) is 0 Å². The van der Waals surface area contributed by atoms with Crippen LogP contribution in [0.4, 0.5) is 0 Å². The van der Waals surface area contributed by atoms with Gasteiger partial charge in [0.2, 0.25) is 23.6 Å². The Bertz CT molecular complexity index is 1420. The van der Waals surface area contributed by atoms with Crippen molar-refractivity contribution in [3.63, 3.8) is 0 Å². The van der Waals surface area contributed by atoms with E-state index in [1.807, 2.05) is 75.2 Å². The van der Waals surface area contributed by atoms with Crippen molar-refractivity contribution < 1.29 is 28.7 Å². The summed E-state index contributed by atoms with van der Waals surface area (Å²) < 4.78 is 11.9. The molecule has 12 nitrogen and oxygen atoms in total. The van der Waals surface area contributed by atoms with Crippen LogP contribution in [-0.4, -0.2) is 102 Å². The maximum Gasteiger partial charge on any atom is 0.245 e. The molecule has 3 rings (SSSR count). The highest BCUT2D eigenvalue weighted by Gasteiger charge is 2.43. The molecule has 7 atom stereocenters. The zero-order valence-corrected chi connectivity index (χ0v) is 32.9. The fourth-order valence-corrected chi connectivity index (χ4v) is 7.70. The summed E-state index contributed by atoms with van der Waals surface area (Å²) in [4.78, 5) is 62.5. The average molecular weight is 729 g/mol. The van der Waals surface area contributed by atoms with Crippen LogP contribution < -0.4 is 16.4 Å². The van der Waals surface area contributed by atoms with Gasteiger partial charge in [0.15, 0.2) is 0 Å². The van der Waals surface area contributed by atoms with Gasteiger partial charge in [-0.3, -0.25) is 19.2 Å². The third kappa shape index (κ3) is 11.1. The lowest BCUT2D eigenvalue weighted by Gasteiger charge is -2.40. The largest absolute Gasteiger partial charge is 0.379 e. The van der Waals surface area contributed by atoms with E-state index < -0.39 is 41.7 Å². The smallest absolute Gasteiger partial charge is 0.245 e. The van der Waals surface area contributed by atoms with Crippen LogP contribution in [0.2, 0.25) is 0 Å². The number of aromatic nitrogens is 1. The van der Waals surface area contributed by atoms with Gasteiger partial charge in [0.25, 0.3) is 0 Å². The molecule has 0 unspecified atom stereocenters. The van der Waals surface area contributed by atoms with Crippen LogP contribution in [0, 0.1) is 17.8 Å². The molecular formula is C38H60N6O6S. The molecule has 13 heteroatoms. The third-order valence-electron chi connectivity index (χ3n) is 9.87. The molecule has 1 aromatic carbocycles. The van der Waals surface area contributed by atoms with Gasteiger partial charge in [0, 0.05) is 39.4 Å². The van der Waals surface area contributed by atoms with E-state index in [9.17, 15) is 19.2 Å². The first-order valence-corrected chi connectivity index (χ1v) is 18.8. The zero-order chi connectivity index (χ0) is 38.0. The number of benzene rings is 1. The Morgan fingerprint density at radius 1 is 1.04 bits per heavy atom. The second kappa shape index (κ2) is 18.9. The minimum absolute atomic E-state index is 0.0300. The number of ether oxygens (including phenoxy) is 2. The molecule has 1 aliphatic heterocycles. The molecule has 0 saturated carbocycles. The van der Waals surface area contributed by atoms with Crippen LogP contribution in [0.15, 0.2) is 41.9 Å². The van der Waals surface area contributed by atoms with Gasteiger partial charge in [-0.15, -0.1) is 11.3 Å². The molecule has 1 aromatic heterocycles. The van der Waals surface area contributed by atoms with Crippen molar-refractivity contribution in [3.8, 4) is 0 Å². The van der Waals surface area contributed by atoms with Gasteiger partial charge in [0.1, 0.15) is 11.0 Å². The van der Waals surface area contributed by atoms with E-state index >= 15 is 0 Å². The summed E-state index contributed by atoms with van der Waals surface area (Å²) in [6, 6.07) is 8.09. The van der Waals surface area contributed by atoms with E-state index in [0.717, 1.165) is 17.0 Å². The molecule has 1 saturated heterocycles. The first kappa shape index (κ1) is 42.0. The summed E-state index contributed by atoms with van der Waals surface area (Å²) in [6.07, 6.45) is 2.67. The van der Waals surface area contributed by atoms with Crippen LogP contribution in [0.1, 0.15) is 84.3 Å². The van der Waals surface area contributed by atoms with E-state index in [0.29, 0.717) is 19.4 Å². The molecular weight excluding hydrogens is 669 g/mol. The standard InChI is InChI=1S/C38H60N6O6S/c1-23(2)31(42-37(48)38(6,7)39)36(47)43(8)32(24(3)4)29(49-9)22-30(45)44-19-14-17-28(44)33(50-10)25(5)34(46)41-27(35-40-18-20-51-35)21-26-15-12-11-13-16-26/h11-13,15-16,18,20,23-25,27-29,31-33H,14,17,19,21-22,39H2,1-10H3,(H,41,46)(H,42,48)/t25-,27+,28+,29-,31+,32+,33-/m1/s1. The van der Waals surface area contributed by atoms with Crippen molar-refractivity contribution in [1.29, 1.82) is 0 Å². The fraction of sp³-hybridized carbons (Fsp3) is 0.658. The van der Waals surface area contributed by atoms with Gasteiger partial charge in [-0.1, -0.05) is 65.0 Å². The summed E-state index contributed by atoms with van der Waals surface area (Å²) in [5.41, 5.74) is 5.95. The average Bonchev–Trinajstić information content (AvgIpc) is 3.79. The highest BCUT2D eigenvalue weighted by atomic mass is 32.1. The summed E-state index contributed by atoms with van der Waals surface area (Å²) in [6.45, 7) is 13.2. The number of methoxy groups -OCH3 is 2. The Morgan fingerprint density at radius 2 is 1.71 bits per heavy atom. The van der Waals surface area contributed by atoms with Crippen molar-refractivity contribution in [2.45, 2.75) is 116 Å². The monoisotopic (exact) mass is 728 g/mol. The van der Waals surface area contributed by atoms with Gasteiger partial charge in [-0.2, -0.15) is 0 Å². The minimum atomic E-state index is -1.15. The molecule has 1 aliphatic rings. The molecule has 284 valence electrons. The molecule has 0 aliphatic carbocycles. The summed E-state index contributed by atoms with van der Waals surface area (Å²) >= 11 is 1.50. The van der Waals surface area contributed by atoms with Crippen molar-refractivity contribution in [1.82, 2.24) is 25.4 Å². The van der Waals surface area contributed by atoms with E-state index in [2.05, 4.69) is 15.6 Å². The molecule has 1 fully saturated rings. The Kier molecular flexibility index (Phi) is 15.6. The van der Waals surface area contributed by atoms with Crippen LogP contribution in [0.25, 0.3) is 0 Å². The molecule has 0 radical (unpaired) electrons. The van der Waals surface area contributed by atoms with Crippen molar-refractivity contribution >= 4 is 35.0 Å². The van der Waals surface area contributed by atoms with Crippen LogP contribution >= 0.6 is 11.3 Å². The molecule has 4 amide bonds. The number of likely N-dealkylation sites (tertiary alicyclic amines) is 1. The van der Waals surface area contributed by atoms with E-state index in [4.69, 9.17) is 15.2 Å². The number of carbonyl (C=O) groups excluding carboxylic acids is 4. The SMILES string of the molecule is CO[C@H]([C@@H](C)C(=O)N[C@@H](Cc1ccccc1)c1nccs1)[C@@H]1CCCN1C(=O)C[C@@H](OC)[C@H](C(C)C)N(C)C(=O)[C@@H](NC(=O)C(C)(C)N)C(C)C. The number of amides is 4. The lowest BCUT2D eigenvalue weighted by molar-refractivity contribution is -0.147. The third-order valence-corrected chi connectivity index (χ3v) is 10.8. The predicted molar refractivity (Wildman–Crippen MR) is 200 cm³/mol. The van der Waals surface area contributed by atoms with Gasteiger partial charge >= 0.3 is 0 Å². The Balaban J connectivity index is 1.76. The summed E-state index contributed by atoms with van der Waals surface area (Å²) in [5, 5.41) is 8.77. The first-order valence-electron chi connectivity index (χ1n) is 18.0. The predicted octanol–water partition coefficient (Wildman–Crippen LogP) is 3.95. The number of likely N-dealkylation sites (N-methyl/N-ethyl adjacent to an activating group) is 1. The fourth-order valence-electron chi connectivity index (χ4n) is 7.01. The Morgan fingerprint density at radius 3 is 2.24 bits per heavy atom. The molecule has 2 heterocycles. The number of nitrogens with two attached hydrogens (primary N) is 1. The Hall–Kier alpha value is -3.39. The second-order valence-electron chi connectivity index (χ2n) is 15.0. The topological polar surface area (TPSA) is 156 Å². The highest BCUT2D eigenvalue weighted by molar-refractivity contribution is 7.09. The maximum atomic E-state index is 14.1. The summed E-state index contributed by atoms with van der Waals surface area (Å²) in [7, 11) is 4.82. The second-order valence-corrected chi connectivity index (χ2v) is 15.9. The van der Waals surface area contributed by atoms with Crippen molar-refractivity contribution in [2.24, 2.45) is 23.5 Å². The summed E-state index contributed by atoms with van der Waals surface area (Å²) in [5.74, 6) is -1.83. The van der Waals surface area contributed by atoms with Gasteiger partial charge in [-0.05, 0) is 50.5 Å². The van der Waals surface area contributed by atoms with Crippen molar-refractivity contribution in [2.75, 3.05) is 27.8 Å². The van der Waals surface area contributed by atoms with Crippen LogP contribution in [-0.2, 0) is 35.1 Å². The number of thiazole rings is 1. The number of hydrogen-bond donors (Lipinski definition) is 3.